The number of alkyl halides is 3. The number of thioether (sulfide) groups is 1. The fourth-order valence-corrected chi connectivity index (χ4v) is 4.99. The predicted molar refractivity (Wildman–Crippen MR) is 103 cm³/mol. The Bertz CT molecular complexity index is 1030. The molecule has 2 aromatic rings. The number of fused-ring (bicyclic) bond motifs is 1. The number of carbonyl (C=O) groups excluding carboxylic acids is 1. The van der Waals surface area contributed by atoms with Crippen molar-refractivity contribution >= 4 is 39.3 Å². The van der Waals surface area contributed by atoms with Gasteiger partial charge in [0, 0.05) is 36.8 Å². The molecule has 0 saturated carbocycles. The summed E-state index contributed by atoms with van der Waals surface area (Å²) in [5.41, 5.74) is -4.80. The maximum Gasteiger partial charge on any atom is 0.441 e. The first-order chi connectivity index (χ1) is 13.1. The number of rotatable bonds is 6. The van der Waals surface area contributed by atoms with Gasteiger partial charge in [0.05, 0.1) is 11.9 Å². The fraction of sp³-hybridized carbons (Fsp3) is 0.562. The Balaban J connectivity index is 2.07. The second-order valence-corrected chi connectivity index (χ2v) is 8.51. The molecule has 0 aromatic carbocycles. The summed E-state index contributed by atoms with van der Waals surface area (Å²) in [7, 11) is 0. The zero-order valence-electron chi connectivity index (χ0n) is 15.3. The van der Waals surface area contributed by atoms with Crippen molar-refractivity contribution in [1.29, 1.82) is 0 Å². The Labute approximate surface area is 166 Å². The summed E-state index contributed by atoms with van der Waals surface area (Å²) in [6, 6.07) is -0.207. The monoisotopic (exact) mass is 436 g/mol. The average Bonchev–Trinajstić information content (AvgIpc) is 3.15. The minimum absolute atomic E-state index is 0.124. The molecule has 0 aliphatic carbocycles. The van der Waals surface area contributed by atoms with Gasteiger partial charge in [-0.15, -0.1) is 11.3 Å². The van der Waals surface area contributed by atoms with Crippen LogP contribution in [0, 0.1) is 6.92 Å². The third-order valence-electron chi connectivity index (χ3n) is 4.57. The Morgan fingerprint density at radius 2 is 1.93 bits per heavy atom. The summed E-state index contributed by atoms with van der Waals surface area (Å²) in [6.45, 7) is 4.69. The Morgan fingerprint density at radius 1 is 1.21 bits per heavy atom. The Morgan fingerprint density at radius 3 is 2.50 bits per heavy atom. The summed E-state index contributed by atoms with van der Waals surface area (Å²) in [5, 5.41) is 3.03. The number of halogens is 3. The normalized spacial score (nSPS) is 14.9. The average molecular weight is 436 g/mol. The molecule has 2 amide bonds. The molecule has 1 fully saturated rings. The number of hydrogen-bond acceptors (Lipinski definition) is 5. The molecule has 0 unspecified atom stereocenters. The first kappa shape index (κ1) is 20.8. The number of nitrogens with one attached hydrogen (secondary N) is 1. The number of nitrogens with zero attached hydrogens (tertiary/aromatic N) is 3. The van der Waals surface area contributed by atoms with Crippen LogP contribution in [-0.4, -0.2) is 44.4 Å². The van der Waals surface area contributed by atoms with Crippen molar-refractivity contribution in [2.24, 2.45) is 0 Å². The summed E-state index contributed by atoms with van der Waals surface area (Å²) in [5.74, 6) is -0.332. The zero-order chi connectivity index (χ0) is 20.6. The van der Waals surface area contributed by atoms with E-state index in [4.69, 9.17) is 0 Å². The van der Waals surface area contributed by atoms with Crippen LogP contribution in [0.5, 0.6) is 0 Å². The summed E-state index contributed by atoms with van der Waals surface area (Å²) >= 11 is 0.979. The third-order valence-corrected chi connectivity index (χ3v) is 6.58. The smallest absolute Gasteiger partial charge is 0.336 e. The van der Waals surface area contributed by atoms with E-state index >= 15 is 0 Å². The molecular formula is C16H19F3N4O3S2. The third kappa shape index (κ3) is 3.93. The topological polar surface area (TPSA) is 76.3 Å². The van der Waals surface area contributed by atoms with E-state index in [1.807, 2.05) is 0 Å². The fourth-order valence-electron chi connectivity index (χ4n) is 3.16. The van der Waals surface area contributed by atoms with E-state index in [9.17, 15) is 27.6 Å². The van der Waals surface area contributed by atoms with Crippen molar-refractivity contribution < 1.29 is 18.0 Å². The zero-order valence-corrected chi connectivity index (χ0v) is 16.9. The van der Waals surface area contributed by atoms with Crippen molar-refractivity contribution in [3.05, 3.63) is 31.3 Å². The van der Waals surface area contributed by atoms with Gasteiger partial charge >= 0.3 is 17.2 Å². The number of carbonyl (C=O) groups is 1. The van der Waals surface area contributed by atoms with E-state index in [-0.39, 0.29) is 43.2 Å². The van der Waals surface area contributed by atoms with Gasteiger partial charge in [-0.05, 0) is 31.2 Å². The van der Waals surface area contributed by atoms with Gasteiger partial charge in [-0.2, -0.15) is 13.2 Å². The van der Waals surface area contributed by atoms with Crippen molar-refractivity contribution in [1.82, 2.24) is 19.4 Å². The molecule has 7 nitrogen and oxygen atoms in total. The molecule has 1 aliphatic rings. The molecule has 1 aliphatic heterocycles. The predicted octanol–water partition coefficient (Wildman–Crippen LogP) is 2.33. The van der Waals surface area contributed by atoms with Crippen LogP contribution in [0.2, 0.25) is 0 Å². The van der Waals surface area contributed by atoms with Crippen LogP contribution < -0.4 is 16.6 Å². The number of thiophene rings is 1. The minimum atomic E-state index is -4.39. The molecule has 3 heterocycles. The van der Waals surface area contributed by atoms with Gasteiger partial charge in [0.25, 0.3) is 5.56 Å². The van der Waals surface area contributed by atoms with Gasteiger partial charge in [0.1, 0.15) is 4.83 Å². The van der Waals surface area contributed by atoms with Crippen LogP contribution in [0.4, 0.5) is 18.0 Å². The molecule has 3 rings (SSSR count). The molecule has 1 saturated heterocycles. The Kier molecular flexibility index (Phi) is 5.80. The highest BCUT2D eigenvalue weighted by Crippen LogP contribution is 2.32. The maximum absolute atomic E-state index is 12.8. The van der Waals surface area contributed by atoms with Crippen molar-refractivity contribution in [3.63, 3.8) is 0 Å². The van der Waals surface area contributed by atoms with Gasteiger partial charge in [-0.3, -0.25) is 13.9 Å². The molecule has 154 valence electrons. The number of amides is 2. The lowest BCUT2D eigenvalue weighted by molar-refractivity contribution is -0.0328. The van der Waals surface area contributed by atoms with Crippen LogP contribution in [0.15, 0.2) is 9.59 Å². The molecule has 0 radical (unpaired) electrons. The highest BCUT2D eigenvalue weighted by molar-refractivity contribution is 8.00. The van der Waals surface area contributed by atoms with Crippen LogP contribution in [0.25, 0.3) is 10.2 Å². The van der Waals surface area contributed by atoms with Crippen molar-refractivity contribution in [3.8, 4) is 0 Å². The molecule has 0 spiro atoms. The van der Waals surface area contributed by atoms with Crippen LogP contribution >= 0.6 is 23.1 Å². The summed E-state index contributed by atoms with van der Waals surface area (Å²) < 4.78 is 39.8. The van der Waals surface area contributed by atoms with Gasteiger partial charge in [-0.25, -0.2) is 9.59 Å². The lowest BCUT2D eigenvalue weighted by Gasteiger charge is -2.12. The summed E-state index contributed by atoms with van der Waals surface area (Å²) in [6.07, 6.45) is 0. The van der Waals surface area contributed by atoms with E-state index in [0.717, 1.165) is 9.44 Å². The van der Waals surface area contributed by atoms with Crippen LogP contribution in [-0.2, 0) is 19.6 Å². The second kappa shape index (κ2) is 7.82. The lowest BCUT2D eigenvalue weighted by atomic mass is 10.2. The molecular weight excluding hydrogens is 417 g/mol. The molecule has 12 heteroatoms. The standard InChI is InChI=1S/C16H19F3N4O3S2/c1-3-22-12(24)11-9(2)10(8-21-5-4-20-14(21)25)28-13(11)23(15(22)26)6-7-27-16(17,18)19/h3-8H2,1-2H3,(H,20,25). The largest absolute Gasteiger partial charge is 0.441 e. The van der Waals surface area contributed by atoms with Crippen molar-refractivity contribution in [2.45, 2.75) is 39.0 Å². The van der Waals surface area contributed by atoms with E-state index in [1.54, 1.807) is 18.7 Å². The lowest BCUT2D eigenvalue weighted by Crippen LogP contribution is -2.39. The summed E-state index contributed by atoms with van der Waals surface area (Å²) in [4.78, 5) is 40.0. The van der Waals surface area contributed by atoms with Crippen LogP contribution in [0.3, 0.4) is 0 Å². The quantitative estimate of drug-likeness (QED) is 0.754. The van der Waals surface area contributed by atoms with Crippen molar-refractivity contribution in [2.75, 3.05) is 18.8 Å². The first-order valence-electron chi connectivity index (χ1n) is 8.63. The van der Waals surface area contributed by atoms with E-state index < -0.39 is 16.8 Å². The minimum Gasteiger partial charge on any atom is -0.336 e. The SMILES string of the molecule is CCn1c(=O)c2c(C)c(CN3CCNC3=O)sc2n(CCSC(F)(F)F)c1=O. The Hall–Kier alpha value is -1.95. The van der Waals surface area contributed by atoms with Gasteiger partial charge in [0.15, 0.2) is 0 Å². The maximum atomic E-state index is 12.8. The number of aromatic nitrogens is 2. The van der Waals surface area contributed by atoms with E-state index in [2.05, 4.69) is 5.32 Å². The highest BCUT2D eigenvalue weighted by Gasteiger charge is 2.28. The van der Waals surface area contributed by atoms with E-state index in [1.165, 1.54) is 15.9 Å². The molecule has 1 N–H and O–H groups in total. The number of aryl methyl sites for hydroxylation is 2. The van der Waals surface area contributed by atoms with Gasteiger partial charge in [-0.1, -0.05) is 0 Å². The van der Waals surface area contributed by atoms with Gasteiger partial charge in [0.2, 0.25) is 0 Å². The second-order valence-electron chi connectivity index (χ2n) is 6.26. The first-order valence-corrected chi connectivity index (χ1v) is 10.4. The molecule has 2 aromatic heterocycles. The van der Waals surface area contributed by atoms with Gasteiger partial charge < -0.3 is 10.2 Å². The van der Waals surface area contributed by atoms with E-state index in [0.29, 0.717) is 28.9 Å². The molecule has 0 bridgehead atoms. The highest BCUT2D eigenvalue weighted by atomic mass is 32.2. The molecule has 28 heavy (non-hydrogen) atoms. The molecule has 0 atom stereocenters. The van der Waals surface area contributed by atoms with Crippen LogP contribution in [0.1, 0.15) is 17.4 Å². The number of urea groups is 1. The number of hydrogen-bond donors (Lipinski definition) is 1.